The molecule has 4 aliphatic rings. The highest BCUT2D eigenvalue weighted by Crippen LogP contribution is 2.69. The van der Waals surface area contributed by atoms with Gasteiger partial charge in [0, 0.05) is 30.6 Å². The van der Waals surface area contributed by atoms with Gasteiger partial charge < -0.3 is 27.9 Å². The fourth-order valence-electron chi connectivity index (χ4n) is 13.0. The summed E-state index contributed by atoms with van der Waals surface area (Å²) in [4.78, 5) is 0. The molecule has 1 saturated heterocycles. The summed E-state index contributed by atoms with van der Waals surface area (Å²) in [6.07, 6.45) is 30.5. The van der Waals surface area contributed by atoms with Crippen LogP contribution < -0.4 is 0 Å². The lowest BCUT2D eigenvalue weighted by Gasteiger charge is -2.46. The second-order valence-corrected chi connectivity index (χ2v) is 42.7. The first-order valence-electron chi connectivity index (χ1n) is 24.6. The molecule has 1 heterocycles. The van der Waals surface area contributed by atoms with Crippen molar-refractivity contribution in [2.45, 2.75) is 132 Å². The SMILES string of the molecule is C=P(C)(CC1CC(C)C(C)C1OP(=C)(C)OCC1CC(Cc2ccccc2)C(C)C1OP(=C)(C)OCC1CC(C)C(C)C1O)CP(=C)(C)CP(=C)(C)CC1(C)OC(C)C(C)(C)C1(C)C. The van der Waals surface area contributed by atoms with Crippen molar-refractivity contribution < 1.29 is 27.9 Å². The highest BCUT2D eigenvalue weighted by Gasteiger charge is 2.61. The van der Waals surface area contributed by atoms with Crippen molar-refractivity contribution in [1.82, 2.24) is 0 Å². The minimum Gasteiger partial charge on any atom is -0.392 e. The molecule has 11 heteroatoms. The Morgan fingerprint density at radius 2 is 1.12 bits per heavy atom. The molecule has 1 aromatic rings. The van der Waals surface area contributed by atoms with Crippen LogP contribution >= 0.6 is 35.3 Å². The van der Waals surface area contributed by atoms with E-state index in [1.54, 1.807) is 0 Å². The number of hydrogen-bond acceptors (Lipinski definition) is 6. The van der Waals surface area contributed by atoms with Gasteiger partial charge in [0.25, 0.3) is 0 Å². The van der Waals surface area contributed by atoms with Crippen LogP contribution in [-0.2, 0) is 29.3 Å². The molecule has 370 valence electrons. The first kappa shape index (κ1) is 55.4. The lowest BCUT2D eigenvalue weighted by Crippen LogP contribution is -2.47. The van der Waals surface area contributed by atoms with Crippen molar-refractivity contribution in [2.24, 2.45) is 64.1 Å². The molecule has 6 nitrogen and oxygen atoms in total. The first-order valence-corrected chi connectivity index (χ1v) is 37.5. The Balaban J connectivity index is 1.24. The minimum absolute atomic E-state index is 0.0425. The molecule has 19 unspecified atom stereocenters. The van der Waals surface area contributed by atoms with Crippen LogP contribution in [0.15, 0.2) is 30.3 Å². The summed E-state index contributed by atoms with van der Waals surface area (Å²) in [7, 11) is -4.90. The van der Waals surface area contributed by atoms with Crippen LogP contribution in [0.1, 0.15) is 101 Å². The highest BCUT2D eigenvalue weighted by atomic mass is 31.2. The van der Waals surface area contributed by atoms with Crippen LogP contribution in [-0.4, -0.2) is 137 Å². The van der Waals surface area contributed by atoms with Crippen molar-refractivity contribution in [2.75, 3.05) is 70.7 Å². The molecule has 4 fully saturated rings. The minimum atomic E-state index is -2.46. The van der Waals surface area contributed by atoms with E-state index in [0.717, 1.165) is 49.8 Å². The smallest absolute Gasteiger partial charge is 0.114 e. The number of rotatable bonds is 20. The first-order chi connectivity index (χ1) is 29.1. The van der Waals surface area contributed by atoms with E-state index >= 15 is 0 Å². The van der Waals surface area contributed by atoms with Crippen LogP contribution in [0.5, 0.6) is 0 Å². The molecule has 0 aromatic heterocycles. The Bertz CT molecular complexity index is 2000. The summed E-state index contributed by atoms with van der Waals surface area (Å²) < 4.78 is 34.5. The van der Waals surface area contributed by atoms with Gasteiger partial charge in [-0.1, -0.05) is 105 Å². The van der Waals surface area contributed by atoms with Gasteiger partial charge in [0.05, 0.1) is 43.2 Å². The van der Waals surface area contributed by atoms with Crippen LogP contribution in [0.3, 0.4) is 0 Å². The van der Waals surface area contributed by atoms with Crippen molar-refractivity contribution in [3.63, 3.8) is 0 Å². The van der Waals surface area contributed by atoms with E-state index in [9.17, 15) is 5.11 Å². The van der Waals surface area contributed by atoms with Crippen LogP contribution in [0.4, 0.5) is 0 Å². The number of hydrogen-bond donors (Lipinski definition) is 1. The molecule has 3 saturated carbocycles. The second kappa shape index (κ2) is 20.3. The Kier molecular flexibility index (Phi) is 17.6. The second-order valence-electron chi connectivity index (χ2n) is 25.0. The fraction of sp³-hybridized carbons (Fsp3) is 0.792. The van der Waals surface area contributed by atoms with Gasteiger partial charge in [-0.05, 0) is 136 Å². The summed E-state index contributed by atoms with van der Waals surface area (Å²) in [5.74, 6) is 5.50. The third-order valence-corrected chi connectivity index (χ3v) is 34.2. The largest absolute Gasteiger partial charge is 0.392 e. The molecule has 19 atom stereocenters. The summed E-state index contributed by atoms with van der Waals surface area (Å²) in [6.45, 7) is 33.6. The third kappa shape index (κ3) is 13.1. The quantitative estimate of drug-likeness (QED) is 0.131. The molecular formula is C53H97O6P5. The zero-order chi connectivity index (χ0) is 48.2. The third-order valence-electron chi connectivity index (χ3n) is 17.7. The van der Waals surface area contributed by atoms with Gasteiger partial charge in [-0.3, -0.25) is 0 Å². The molecule has 3 aliphatic carbocycles. The zero-order valence-electron chi connectivity index (χ0n) is 43.7. The summed E-state index contributed by atoms with van der Waals surface area (Å²) in [5.41, 5.74) is 1.29. The van der Waals surface area contributed by atoms with Gasteiger partial charge in [-0.25, -0.2) is 0 Å². The molecular weight excluding hydrogens is 887 g/mol. The lowest BCUT2D eigenvalue weighted by molar-refractivity contribution is -0.0424. The lowest BCUT2D eigenvalue weighted by atomic mass is 9.61. The summed E-state index contributed by atoms with van der Waals surface area (Å²) in [6, 6.07) is 10.8. The van der Waals surface area contributed by atoms with Crippen LogP contribution in [0.25, 0.3) is 0 Å². The van der Waals surface area contributed by atoms with Crippen LogP contribution in [0.2, 0.25) is 0 Å². The molecule has 1 N–H and O–H groups in total. The fourth-order valence-corrected chi connectivity index (χ4v) is 34.5. The Morgan fingerprint density at radius 1 is 0.625 bits per heavy atom. The maximum atomic E-state index is 10.9. The molecule has 0 spiro atoms. The topological polar surface area (TPSA) is 66.4 Å². The Morgan fingerprint density at radius 3 is 1.64 bits per heavy atom. The number of ether oxygens (including phenoxy) is 1. The molecule has 1 aliphatic heterocycles. The van der Waals surface area contributed by atoms with Gasteiger partial charge >= 0.3 is 0 Å². The zero-order valence-corrected chi connectivity index (χ0v) is 48.2. The van der Waals surface area contributed by atoms with Gasteiger partial charge in [0.15, 0.2) is 0 Å². The Labute approximate surface area is 395 Å². The number of benzene rings is 1. The summed E-state index contributed by atoms with van der Waals surface area (Å²) >= 11 is 0. The van der Waals surface area contributed by atoms with E-state index in [1.807, 2.05) is 6.66 Å². The van der Waals surface area contributed by atoms with Crippen molar-refractivity contribution in [1.29, 1.82) is 0 Å². The molecule has 0 amide bonds. The maximum Gasteiger partial charge on any atom is 0.114 e. The number of aliphatic hydroxyl groups excluding tert-OH is 1. The van der Waals surface area contributed by atoms with Gasteiger partial charge in [0.2, 0.25) is 0 Å². The van der Waals surface area contributed by atoms with E-state index in [2.05, 4.69) is 139 Å². The predicted molar refractivity (Wildman–Crippen MR) is 297 cm³/mol. The van der Waals surface area contributed by atoms with Gasteiger partial charge in [0.1, 0.15) is 14.7 Å². The average Bonchev–Trinajstić information content (AvgIpc) is 3.71. The van der Waals surface area contributed by atoms with Crippen LogP contribution in [0, 0.1) is 64.1 Å². The van der Waals surface area contributed by atoms with Crippen molar-refractivity contribution in [3.05, 3.63) is 35.9 Å². The summed E-state index contributed by atoms with van der Waals surface area (Å²) in [5, 5.41) is 10.9. The van der Waals surface area contributed by atoms with E-state index < -0.39 is 35.3 Å². The van der Waals surface area contributed by atoms with E-state index in [-0.39, 0.29) is 58.6 Å². The molecule has 5 rings (SSSR count). The Hall–Kier alpha value is 0.480. The molecule has 0 radical (unpaired) electrons. The van der Waals surface area contributed by atoms with Crippen molar-refractivity contribution >= 4 is 66.8 Å². The molecule has 64 heavy (non-hydrogen) atoms. The van der Waals surface area contributed by atoms with E-state index in [1.165, 1.54) is 5.56 Å². The monoisotopic (exact) mass is 985 g/mol. The van der Waals surface area contributed by atoms with E-state index in [4.69, 9.17) is 48.0 Å². The molecule has 1 aromatic carbocycles. The van der Waals surface area contributed by atoms with Gasteiger partial charge in [-0.15, -0.1) is 39.6 Å². The molecule has 0 bridgehead atoms. The maximum absolute atomic E-state index is 10.9. The standard InChI is InChI=1S/C53H97O6P5/c1-37-27-45(48(54)39(37)3)31-55-63(18,19)59-50-41(5)44(29-43-25-23-22-24-26-43)30-46(50)32-56-64(20,21)58-49-40(4)38(2)28-47(49)33-60(12,13)35-62(16,17)36-61(14,15)34-53(11)52(9,10)51(7,8)42(6)57-53/h22-26,37-42,44-50,54H,12,14,16,18,20,27-36H2,1-11,13,15,17,19,21H3. The van der Waals surface area contributed by atoms with Crippen molar-refractivity contribution in [3.8, 4) is 0 Å². The van der Waals surface area contributed by atoms with Gasteiger partial charge in [-0.2, -0.15) is 0 Å². The normalized spacial score (nSPS) is 40.9. The van der Waals surface area contributed by atoms with E-state index in [0.29, 0.717) is 48.7 Å². The highest BCUT2D eigenvalue weighted by molar-refractivity contribution is 7.95. The average molecular weight is 985 g/mol. The predicted octanol–water partition coefficient (Wildman–Crippen LogP) is 13.5. The number of aliphatic hydroxyl groups is 1.